The van der Waals surface area contributed by atoms with Crippen LogP contribution in [0.5, 0.6) is 28.7 Å². The van der Waals surface area contributed by atoms with Gasteiger partial charge in [0.15, 0.2) is 23.0 Å². The van der Waals surface area contributed by atoms with E-state index in [0.717, 1.165) is 10.5 Å². The fraction of sp³-hybridized carbons (Fsp3) is 0.419. The number of hydrogen-bond acceptors (Lipinski definition) is 11. The van der Waals surface area contributed by atoms with E-state index in [1.165, 1.54) is 20.3 Å². The first-order valence-corrected chi connectivity index (χ1v) is 14.3. The molecule has 232 valence electrons. The van der Waals surface area contributed by atoms with Crippen LogP contribution in [0.4, 0.5) is 0 Å². The van der Waals surface area contributed by atoms with Crippen LogP contribution in [0, 0.1) is 11.8 Å². The number of amides is 2. The molecule has 2 aromatic rings. The number of carbonyl (C=O) groups is 4. The Morgan fingerprint density at radius 2 is 1.66 bits per heavy atom. The number of carboxylic acid groups (broad SMARTS) is 1. The molecule has 2 aromatic carbocycles. The molecule has 0 radical (unpaired) electrons. The maximum atomic E-state index is 13.4. The highest BCUT2D eigenvalue weighted by Crippen LogP contribution is 2.55. The van der Waals surface area contributed by atoms with E-state index < -0.39 is 47.5 Å². The molecule has 2 amide bonds. The summed E-state index contributed by atoms with van der Waals surface area (Å²) in [6.07, 6.45) is 2.78. The van der Waals surface area contributed by atoms with Gasteiger partial charge in [-0.05, 0) is 53.8 Å². The van der Waals surface area contributed by atoms with Gasteiger partial charge in [-0.15, -0.1) is 0 Å². The van der Waals surface area contributed by atoms with Gasteiger partial charge in [-0.25, -0.2) is 0 Å². The minimum absolute atomic E-state index is 0.0241. The molecule has 44 heavy (non-hydrogen) atoms. The third-order valence-electron chi connectivity index (χ3n) is 8.64. The summed E-state index contributed by atoms with van der Waals surface area (Å²) in [4.78, 5) is 51.5. The van der Waals surface area contributed by atoms with Crippen molar-refractivity contribution in [2.45, 2.75) is 37.6 Å². The van der Waals surface area contributed by atoms with Crippen LogP contribution in [0.15, 0.2) is 36.0 Å². The average Bonchev–Trinajstić information content (AvgIpc) is 3.69. The number of aliphatic carboxylic acids is 1. The summed E-state index contributed by atoms with van der Waals surface area (Å²) >= 11 is 0. The van der Waals surface area contributed by atoms with Gasteiger partial charge in [0, 0.05) is 30.9 Å². The predicted molar refractivity (Wildman–Crippen MR) is 150 cm³/mol. The fourth-order valence-corrected chi connectivity index (χ4v) is 6.56. The van der Waals surface area contributed by atoms with Crippen LogP contribution in [-0.4, -0.2) is 73.0 Å². The number of carbonyl (C=O) groups excluding carboxylic acids is 3. The zero-order valence-corrected chi connectivity index (χ0v) is 24.2. The first kappa shape index (κ1) is 29.1. The lowest BCUT2D eigenvalue weighted by Crippen LogP contribution is -2.42. The maximum absolute atomic E-state index is 13.4. The topological polar surface area (TPSA) is 170 Å². The number of fused-ring (bicyclic) bond motifs is 3. The lowest BCUT2D eigenvalue weighted by molar-refractivity contribution is -0.142. The SMILES string of the molecule is COc1cc([C@@H]2c3cc4c(cc3[C@@H](NC3=CC(=O)N(CCCCCC(=O)O)C3=O)[C@H]3COC(=O)[C@H]23)OCO4)cc(OC)c1O. The molecule has 3 heterocycles. The molecule has 6 rings (SSSR count). The number of benzene rings is 2. The smallest absolute Gasteiger partial charge is 0.310 e. The second-order valence-corrected chi connectivity index (χ2v) is 11.1. The Morgan fingerprint density at radius 3 is 2.32 bits per heavy atom. The monoisotopic (exact) mass is 608 g/mol. The van der Waals surface area contributed by atoms with Gasteiger partial charge in [-0.3, -0.25) is 24.1 Å². The molecular weight excluding hydrogens is 576 g/mol. The summed E-state index contributed by atoms with van der Waals surface area (Å²) in [6, 6.07) is 6.33. The number of nitrogens with one attached hydrogen (secondary N) is 1. The summed E-state index contributed by atoms with van der Waals surface area (Å²) in [5, 5.41) is 22.7. The molecule has 3 aliphatic heterocycles. The molecule has 0 unspecified atom stereocenters. The maximum Gasteiger partial charge on any atom is 0.310 e. The van der Waals surface area contributed by atoms with Gasteiger partial charge in [-0.2, -0.15) is 0 Å². The number of methoxy groups -OCH3 is 2. The number of phenolic OH excluding ortho intramolecular Hbond substituents is 1. The van der Waals surface area contributed by atoms with Crippen molar-refractivity contribution < 1.29 is 53.1 Å². The number of hydrogen-bond donors (Lipinski definition) is 3. The second kappa shape index (κ2) is 11.6. The van der Waals surface area contributed by atoms with E-state index in [-0.39, 0.29) is 49.3 Å². The minimum Gasteiger partial charge on any atom is -0.502 e. The molecule has 0 saturated carbocycles. The van der Waals surface area contributed by atoms with Crippen LogP contribution in [0.2, 0.25) is 0 Å². The molecule has 1 saturated heterocycles. The normalized spacial score (nSPS) is 23.2. The largest absolute Gasteiger partial charge is 0.502 e. The average molecular weight is 609 g/mol. The Labute approximate surface area is 252 Å². The van der Waals surface area contributed by atoms with Crippen molar-refractivity contribution in [3.63, 3.8) is 0 Å². The van der Waals surface area contributed by atoms with Crippen LogP contribution in [0.3, 0.4) is 0 Å². The number of ether oxygens (including phenoxy) is 5. The van der Waals surface area contributed by atoms with Crippen molar-refractivity contribution in [2.75, 3.05) is 34.2 Å². The van der Waals surface area contributed by atoms with E-state index in [0.29, 0.717) is 41.9 Å². The molecule has 4 atom stereocenters. The van der Waals surface area contributed by atoms with Crippen LogP contribution in [-0.2, 0) is 23.9 Å². The molecule has 0 aromatic heterocycles. The van der Waals surface area contributed by atoms with Crippen LogP contribution >= 0.6 is 0 Å². The van der Waals surface area contributed by atoms with Crippen molar-refractivity contribution in [3.8, 4) is 28.7 Å². The number of esters is 1. The van der Waals surface area contributed by atoms with Gasteiger partial charge in [0.2, 0.25) is 12.5 Å². The number of unbranched alkanes of at least 4 members (excludes halogenated alkanes) is 2. The number of carboxylic acids is 1. The van der Waals surface area contributed by atoms with E-state index in [4.69, 9.17) is 28.8 Å². The van der Waals surface area contributed by atoms with Crippen molar-refractivity contribution >= 4 is 23.8 Å². The van der Waals surface area contributed by atoms with E-state index >= 15 is 0 Å². The lowest BCUT2D eigenvalue weighted by atomic mass is 9.65. The molecule has 1 aliphatic carbocycles. The molecule has 4 aliphatic rings. The van der Waals surface area contributed by atoms with Crippen molar-refractivity contribution in [2.24, 2.45) is 11.8 Å². The van der Waals surface area contributed by atoms with E-state index in [9.17, 15) is 24.3 Å². The van der Waals surface area contributed by atoms with E-state index in [1.54, 1.807) is 12.1 Å². The van der Waals surface area contributed by atoms with Crippen LogP contribution in [0.25, 0.3) is 0 Å². The van der Waals surface area contributed by atoms with Crippen molar-refractivity contribution in [3.05, 3.63) is 52.7 Å². The van der Waals surface area contributed by atoms with Crippen molar-refractivity contribution in [1.29, 1.82) is 0 Å². The number of imide groups is 1. The summed E-state index contributed by atoms with van der Waals surface area (Å²) in [5.74, 6) is -2.79. The Morgan fingerprint density at radius 1 is 0.977 bits per heavy atom. The van der Waals surface area contributed by atoms with Gasteiger partial charge in [0.25, 0.3) is 11.8 Å². The highest BCUT2D eigenvalue weighted by molar-refractivity contribution is 6.15. The fourth-order valence-electron chi connectivity index (χ4n) is 6.56. The second-order valence-electron chi connectivity index (χ2n) is 11.1. The predicted octanol–water partition coefficient (Wildman–Crippen LogP) is 2.60. The first-order chi connectivity index (χ1) is 21.2. The van der Waals surface area contributed by atoms with Crippen molar-refractivity contribution in [1.82, 2.24) is 10.2 Å². The Bertz CT molecular complexity index is 1540. The lowest BCUT2D eigenvalue weighted by Gasteiger charge is -2.40. The molecule has 3 N–H and O–H groups in total. The van der Waals surface area contributed by atoms with Gasteiger partial charge in [-0.1, -0.05) is 6.42 Å². The van der Waals surface area contributed by atoms with Gasteiger partial charge in [0.05, 0.1) is 32.8 Å². The first-order valence-electron chi connectivity index (χ1n) is 14.3. The number of phenols is 1. The van der Waals surface area contributed by atoms with Gasteiger partial charge >= 0.3 is 11.9 Å². The highest BCUT2D eigenvalue weighted by Gasteiger charge is 2.53. The number of cyclic esters (lactones) is 1. The Kier molecular flexibility index (Phi) is 7.70. The molecule has 0 bridgehead atoms. The summed E-state index contributed by atoms with van der Waals surface area (Å²) in [6.45, 7) is 0.260. The van der Waals surface area contributed by atoms with Crippen LogP contribution in [0.1, 0.15) is 54.3 Å². The number of rotatable bonds is 11. The number of nitrogens with zero attached hydrogens (tertiary/aromatic N) is 1. The van der Waals surface area contributed by atoms with Gasteiger partial charge < -0.3 is 39.2 Å². The molecular formula is C31H32N2O11. The summed E-state index contributed by atoms with van der Waals surface area (Å²) < 4.78 is 27.8. The van der Waals surface area contributed by atoms with E-state index in [2.05, 4.69) is 5.32 Å². The molecule has 13 nitrogen and oxygen atoms in total. The standard InChI is InChI=1S/C31H32N2O11/c1-40-22-8-15(9-23(41-2)29(22)37)26-16-10-20-21(44-14-43-20)11-17(16)28(18-13-42-31(39)27(18)26)32-19-12-24(34)33(30(19)38)7-5-3-4-6-25(35)36/h8-12,18,26-28,32,37H,3-7,13-14H2,1-2H3,(H,35,36)/t18-,26+,27-,28+/m0/s1. The highest BCUT2D eigenvalue weighted by atomic mass is 16.7. The molecule has 0 spiro atoms. The van der Waals surface area contributed by atoms with E-state index in [1.807, 2.05) is 12.1 Å². The Balaban J connectivity index is 1.35. The number of aromatic hydroxyl groups is 1. The summed E-state index contributed by atoms with van der Waals surface area (Å²) in [7, 11) is 2.84. The summed E-state index contributed by atoms with van der Waals surface area (Å²) in [5.41, 5.74) is 2.19. The quantitative estimate of drug-likeness (QED) is 0.194. The zero-order valence-electron chi connectivity index (χ0n) is 24.2. The zero-order chi connectivity index (χ0) is 31.1. The minimum atomic E-state index is -0.888. The third-order valence-corrected chi connectivity index (χ3v) is 8.64. The van der Waals surface area contributed by atoms with Crippen LogP contribution < -0.4 is 24.3 Å². The Hall–Kier alpha value is -4.94. The molecule has 13 heteroatoms. The van der Waals surface area contributed by atoms with Gasteiger partial charge in [0.1, 0.15) is 5.70 Å². The third kappa shape index (κ3) is 5.01. The molecule has 1 fully saturated rings.